The number of hydrogen-bond acceptors (Lipinski definition) is 6. The van der Waals surface area contributed by atoms with Gasteiger partial charge in [0.15, 0.2) is 5.82 Å². The average molecular weight is 489 g/mol. The van der Waals surface area contributed by atoms with Gasteiger partial charge >= 0.3 is 0 Å². The second kappa shape index (κ2) is 9.62. The normalized spacial score (nSPS) is 11.3. The highest BCUT2D eigenvalue weighted by Gasteiger charge is 2.16. The van der Waals surface area contributed by atoms with Crippen molar-refractivity contribution >= 4 is 33.5 Å². The molecule has 0 bridgehead atoms. The molecule has 5 aromatic heterocycles. The first kappa shape index (κ1) is 22.5. The number of rotatable bonds is 7. The van der Waals surface area contributed by atoms with E-state index in [1.54, 1.807) is 31.0 Å². The summed E-state index contributed by atoms with van der Waals surface area (Å²) in [6, 6.07) is 13.7. The summed E-state index contributed by atoms with van der Waals surface area (Å²) in [6.45, 7) is 2.07. The highest BCUT2D eigenvalue weighted by atomic mass is 16.1. The summed E-state index contributed by atoms with van der Waals surface area (Å²) >= 11 is 0. The fraction of sp³-hybridized carbons (Fsp3) is 0.143. The number of unbranched alkanes of at least 4 members (excludes halogenated alkanes) is 1. The number of pyridine rings is 3. The van der Waals surface area contributed by atoms with Gasteiger partial charge in [-0.25, -0.2) is 4.98 Å². The van der Waals surface area contributed by atoms with Crippen LogP contribution in [0.2, 0.25) is 0 Å². The molecule has 0 atom stereocenters. The van der Waals surface area contributed by atoms with E-state index in [0.29, 0.717) is 23.6 Å². The smallest absolute Gasteiger partial charge is 0.224 e. The van der Waals surface area contributed by atoms with Crippen molar-refractivity contribution in [2.24, 2.45) is 0 Å². The number of nitrogens with zero attached hydrogens (tertiary/aromatic N) is 5. The molecule has 6 rings (SSSR count). The van der Waals surface area contributed by atoms with E-state index in [-0.39, 0.29) is 5.91 Å². The Bertz CT molecular complexity index is 1720. The molecule has 0 saturated carbocycles. The molecule has 37 heavy (non-hydrogen) atoms. The lowest BCUT2D eigenvalue weighted by Crippen LogP contribution is -2.11. The fourth-order valence-electron chi connectivity index (χ4n) is 4.36. The number of aromatic nitrogens is 7. The largest absolute Gasteiger partial charge is 0.336 e. The highest BCUT2D eigenvalue weighted by molar-refractivity contribution is 5.98. The predicted molar refractivity (Wildman–Crippen MR) is 144 cm³/mol. The second-order valence-electron chi connectivity index (χ2n) is 8.83. The van der Waals surface area contributed by atoms with Gasteiger partial charge in [0.05, 0.1) is 28.6 Å². The number of imidazole rings is 1. The van der Waals surface area contributed by atoms with Crippen molar-refractivity contribution in [2.75, 3.05) is 5.32 Å². The number of aromatic amines is 2. The van der Waals surface area contributed by atoms with E-state index in [9.17, 15) is 4.79 Å². The lowest BCUT2D eigenvalue weighted by molar-refractivity contribution is -0.116. The zero-order valence-electron chi connectivity index (χ0n) is 20.2. The molecular formula is C28H24N8O. The second-order valence-corrected chi connectivity index (χ2v) is 8.83. The molecule has 0 aliphatic rings. The van der Waals surface area contributed by atoms with Crippen molar-refractivity contribution in [1.82, 2.24) is 35.1 Å². The Hall–Kier alpha value is -4.92. The molecule has 0 radical (unpaired) electrons. The third kappa shape index (κ3) is 4.42. The van der Waals surface area contributed by atoms with Gasteiger partial charge in [-0.1, -0.05) is 19.4 Å². The number of fused-ring (bicyclic) bond motifs is 2. The predicted octanol–water partition coefficient (Wildman–Crippen LogP) is 5.75. The molecule has 3 N–H and O–H groups in total. The van der Waals surface area contributed by atoms with Gasteiger partial charge in [-0.15, -0.1) is 0 Å². The maximum absolute atomic E-state index is 12.2. The Kier molecular flexibility index (Phi) is 5.86. The minimum Gasteiger partial charge on any atom is -0.336 e. The minimum absolute atomic E-state index is 0.00148. The van der Waals surface area contributed by atoms with Crippen LogP contribution in [0.4, 0.5) is 5.69 Å². The molecule has 0 saturated heterocycles. The summed E-state index contributed by atoms with van der Waals surface area (Å²) in [5.41, 5.74) is 7.42. The summed E-state index contributed by atoms with van der Waals surface area (Å²) in [5.74, 6) is 0.644. The SMILES string of the molecule is CCCCC(=O)Nc1cncc(-c2ccc3[nH]nc(-c4nc5c(-c6cccnc6)nccc5[nH]4)c3c2)c1. The van der Waals surface area contributed by atoms with E-state index < -0.39 is 0 Å². The van der Waals surface area contributed by atoms with E-state index >= 15 is 0 Å². The van der Waals surface area contributed by atoms with Crippen molar-refractivity contribution in [3.05, 3.63) is 73.4 Å². The van der Waals surface area contributed by atoms with Crippen molar-refractivity contribution in [3.8, 4) is 33.9 Å². The Morgan fingerprint density at radius 2 is 1.84 bits per heavy atom. The molecule has 1 aromatic carbocycles. The molecule has 0 spiro atoms. The highest BCUT2D eigenvalue weighted by Crippen LogP contribution is 2.32. The summed E-state index contributed by atoms with van der Waals surface area (Å²) in [6.07, 6.45) is 11.1. The number of hydrogen-bond donors (Lipinski definition) is 3. The molecular weight excluding hydrogens is 464 g/mol. The topological polar surface area (TPSA) is 125 Å². The zero-order chi connectivity index (χ0) is 25.2. The van der Waals surface area contributed by atoms with Crippen LogP contribution in [0, 0.1) is 0 Å². The zero-order valence-corrected chi connectivity index (χ0v) is 20.2. The maximum atomic E-state index is 12.2. The van der Waals surface area contributed by atoms with Gasteiger partial charge in [0, 0.05) is 47.7 Å². The van der Waals surface area contributed by atoms with E-state index in [4.69, 9.17) is 4.98 Å². The number of carbonyl (C=O) groups excluding carboxylic acids is 1. The number of benzene rings is 1. The molecule has 0 aliphatic heterocycles. The van der Waals surface area contributed by atoms with Crippen LogP contribution in [0.3, 0.4) is 0 Å². The summed E-state index contributed by atoms with van der Waals surface area (Å²) < 4.78 is 0. The first-order valence-corrected chi connectivity index (χ1v) is 12.2. The number of anilines is 1. The Labute approximate surface area is 212 Å². The molecule has 6 aromatic rings. The lowest BCUT2D eigenvalue weighted by Gasteiger charge is -2.07. The van der Waals surface area contributed by atoms with Crippen LogP contribution in [0.15, 0.2) is 73.4 Å². The first-order valence-electron chi connectivity index (χ1n) is 12.2. The summed E-state index contributed by atoms with van der Waals surface area (Å²) in [4.78, 5) is 33.5. The first-order chi connectivity index (χ1) is 18.2. The standard InChI is InChI=1S/C28H24N8O/c1-2-3-6-24(37)32-20-12-19(15-30-16-20)17-7-8-22-21(13-17)26(36-35-22)28-33-23-9-11-31-25(27(23)34-28)18-5-4-10-29-14-18/h4-5,7-16H,2-3,6H2,1H3,(H,32,37)(H,33,34)(H,35,36). The summed E-state index contributed by atoms with van der Waals surface area (Å²) in [5, 5.41) is 11.5. The number of amides is 1. The molecule has 182 valence electrons. The van der Waals surface area contributed by atoms with Crippen LogP contribution in [0.25, 0.3) is 55.8 Å². The summed E-state index contributed by atoms with van der Waals surface area (Å²) in [7, 11) is 0. The van der Waals surface area contributed by atoms with Crippen LogP contribution < -0.4 is 5.32 Å². The molecule has 0 unspecified atom stereocenters. The molecule has 0 aliphatic carbocycles. The Morgan fingerprint density at radius 3 is 2.70 bits per heavy atom. The monoisotopic (exact) mass is 488 g/mol. The van der Waals surface area contributed by atoms with Crippen LogP contribution in [-0.4, -0.2) is 41.0 Å². The molecule has 9 nitrogen and oxygen atoms in total. The quantitative estimate of drug-likeness (QED) is 0.263. The molecule has 1 amide bonds. The van der Waals surface area contributed by atoms with Gasteiger partial charge in [0.25, 0.3) is 0 Å². The van der Waals surface area contributed by atoms with Gasteiger partial charge in [-0.05, 0) is 48.4 Å². The Morgan fingerprint density at radius 1 is 0.919 bits per heavy atom. The number of carbonyl (C=O) groups is 1. The van der Waals surface area contributed by atoms with Crippen LogP contribution in [-0.2, 0) is 4.79 Å². The average Bonchev–Trinajstić information content (AvgIpc) is 3.56. The van der Waals surface area contributed by atoms with Gasteiger partial charge in [-0.2, -0.15) is 5.10 Å². The van der Waals surface area contributed by atoms with E-state index in [2.05, 4.69) is 48.4 Å². The van der Waals surface area contributed by atoms with Crippen molar-refractivity contribution in [2.45, 2.75) is 26.2 Å². The minimum atomic E-state index is -0.00148. The third-order valence-corrected chi connectivity index (χ3v) is 6.24. The molecule has 5 heterocycles. The van der Waals surface area contributed by atoms with Crippen LogP contribution >= 0.6 is 0 Å². The van der Waals surface area contributed by atoms with Crippen molar-refractivity contribution in [1.29, 1.82) is 0 Å². The lowest BCUT2D eigenvalue weighted by atomic mass is 10.0. The molecule has 0 fully saturated rings. The van der Waals surface area contributed by atoms with Gasteiger partial charge in [0.1, 0.15) is 11.2 Å². The van der Waals surface area contributed by atoms with Gasteiger partial charge < -0.3 is 10.3 Å². The van der Waals surface area contributed by atoms with Crippen molar-refractivity contribution in [3.63, 3.8) is 0 Å². The fourth-order valence-corrected chi connectivity index (χ4v) is 4.36. The van der Waals surface area contributed by atoms with E-state index in [0.717, 1.165) is 57.2 Å². The molecule has 9 heteroatoms. The third-order valence-electron chi connectivity index (χ3n) is 6.24. The van der Waals surface area contributed by atoms with Crippen LogP contribution in [0.1, 0.15) is 26.2 Å². The maximum Gasteiger partial charge on any atom is 0.224 e. The van der Waals surface area contributed by atoms with Crippen molar-refractivity contribution < 1.29 is 4.79 Å². The van der Waals surface area contributed by atoms with Gasteiger partial charge in [0.2, 0.25) is 5.91 Å². The van der Waals surface area contributed by atoms with Gasteiger partial charge in [-0.3, -0.25) is 24.8 Å². The Balaban J connectivity index is 1.37. The number of H-pyrrole nitrogens is 2. The van der Waals surface area contributed by atoms with E-state index in [1.165, 1.54) is 0 Å². The van der Waals surface area contributed by atoms with E-state index in [1.807, 2.05) is 36.4 Å². The number of nitrogens with one attached hydrogen (secondary N) is 3. The van der Waals surface area contributed by atoms with Crippen LogP contribution in [0.5, 0.6) is 0 Å².